The third-order valence-corrected chi connectivity index (χ3v) is 3.50. The molecule has 2 rings (SSSR count). The van der Waals surface area contributed by atoms with Gasteiger partial charge in [-0.25, -0.2) is 4.98 Å². The van der Waals surface area contributed by atoms with Crippen LogP contribution in [0.2, 0.25) is 0 Å². The number of thiazole rings is 1. The Morgan fingerprint density at radius 1 is 1.29 bits per heavy atom. The highest BCUT2D eigenvalue weighted by Crippen LogP contribution is 2.21. The number of aryl methyl sites for hydroxylation is 2. The van der Waals surface area contributed by atoms with E-state index >= 15 is 0 Å². The number of nitrogens with one attached hydrogen (secondary N) is 1. The van der Waals surface area contributed by atoms with Crippen molar-refractivity contribution in [1.29, 1.82) is 0 Å². The van der Waals surface area contributed by atoms with Crippen LogP contribution in [0.1, 0.15) is 18.2 Å². The van der Waals surface area contributed by atoms with E-state index in [0.717, 1.165) is 29.4 Å². The van der Waals surface area contributed by atoms with E-state index in [9.17, 15) is 0 Å². The first-order valence-corrected chi connectivity index (χ1v) is 7.09. The lowest BCUT2D eigenvalue weighted by Gasteiger charge is -2.03. The summed E-state index contributed by atoms with van der Waals surface area (Å²) in [7, 11) is 0. The van der Waals surface area contributed by atoms with Gasteiger partial charge < -0.3 is 5.32 Å². The molecule has 0 fully saturated rings. The largest absolute Gasteiger partial charge is 0.332 e. The van der Waals surface area contributed by atoms with Crippen LogP contribution in [0.3, 0.4) is 0 Å². The number of nitrogens with zero attached hydrogens (tertiary/aromatic N) is 1. The van der Waals surface area contributed by atoms with Gasteiger partial charge in [0, 0.05) is 16.9 Å². The Morgan fingerprint density at radius 3 is 2.65 bits per heavy atom. The van der Waals surface area contributed by atoms with E-state index in [1.165, 1.54) is 5.56 Å². The van der Waals surface area contributed by atoms with Crippen LogP contribution < -0.4 is 5.32 Å². The molecule has 0 bridgehead atoms. The van der Waals surface area contributed by atoms with E-state index in [1.807, 2.05) is 0 Å². The Balaban J connectivity index is 2.03. The maximum absolute atomic E-state index is 5.70. The van der Waals surface area contributed by atoms with E-state index in [2.05, 4.69) is 46.9 Å². The summed E-state index contributed by atoms with van der Waals surface area (Å²) in [6, 6.07) is 8.32. The molecule has 0 aliphatic carbocycles. The molecule has 1 aromatic carbocycles. The van der Waals surface area contributed by atoms with Gasteiger partial charge in [-0.3, -0.25) is 0 Å². The van der Waals surface area contributed by atoms with E-state index in [4.69, 9.17) is 11.6 Å². The summed E-state index contributed by atoms with van der Waals surface area (Å²) in [5.74, 6) is 0.666. The summed E-state index contributed by atoms with van der Waals surface area (Å²) in [4.78, 5) is 4.47. The molecule has 1 N–H and O–H groups in total. The van der Waals surface area contributed by atoms with E-state index < -0.39 is 0 Å². The van der Waals surface area contributed by atoms with Crippen LogP contribution >= 0.6 is 22.9 Å². The van der Waals surface area contributed by atoms with Crippen molar-refractivity contribution in [1.82, 2.24) is 4.98 Å². The van der Waals surface area contributed by atoms with Gasteiger partial charge in [-0.05, 0) is 30.5 Å². The molecule has 90 valence electrons. The van der Waals surface area contributed by atoms with Crippen molar-refractivity contribution < 1.29 is 0 Å². The fraction of sp³-hybridized carbons (Fsp3) is 0.308. The first-order chi connectivity index (χ1) is 8.31. The molecular weight excluding hydrogens is 252 g/mol. The zero-order chi connectivity index (χ0) is 12.1. The van der Waals surface area contributed by atoms with Crippen molar-refractivity contribution >= 4 is 33.8 Å². The molecule has 1 heterocycles. The first kappa shape index (κ1) is 12.4. The average molecular weight is 267 g/mol. The highest BCUT2D eigenvalue weighted by molar-refractivity contribution is 7.13. The van der Waals surface area contributed by atoms with Crippen molar-refractivity contribution in [2.75, 3.05) is 11.2 Å². The van der Waals surface area contributed by atoms with E-state index in [-0.39, 0.29) is 0 Å². The minimum atomic E-state index is 0.666. The van der Waals surface area contributed by atoms with Gasteiger partial charge in [0.05, 0.1) is 5.69 Å². The molecule has 0 amide bonds. The molecule has 1 aromatic heterocycles. The highest BCUT2D eigenvalue weighted by Gasteiger charge is 2.00. The monoisotopic (exact) mass is 266 g/mol. The molecule has 0 radical (unpaired) electrons. The molecule has 0 aliphatic rings. The summed E-state index contributed by atoms with van der Waals surface area (Å²) in [6.07, 6.45) is 1.89. The molecule has 4 heteroatoms. The van der Waals surface area contributed by atoms with Gasteiger partial charge in [0.2, 0.25) is 0 Å². The quantitative estimate of drug-likeness (QED) is 0.819. The third-order valence-electron chi connectivity index (χ3n) is 2.50. The van der Waals surface area contributed by atoms with Crippen molar-refractivity contribution in [2.24, 2.45) is 0 Å². The van der Waals surface area contributed by atoms with E-state index in [0.29, 0.717) is 5.88 Å². The van der Waals surface area contributed by atoms with Crippen molar-refractivity contribution in [3.8, 4) is 0 Å². The fourth-order valence-corrected chi connectivity index (χ4v) is 2.55. The van der Waals surface area contributed by atoms with Crippen LogP contribution in [0, 0.1) is 0 Å². The van der Waals surface area contributed by atoms with Crippen LogP contribution in [0.4, 0.5) is 10.8 Å². The van der Waals surface area contributed by atoms with Gasteiger partial charge in [0.25, 0.3) is 0 Å². The number of aromatic nitrogens is 1. The number of halogens is 1. The van der Waals surface area contributed by atoms with Gasteiger partial charge in [0.1, 0.15) is 0 Å². The lowest BCUT2D eigenvalue weighted by molar-refractivity contribution is 1.06. The second kappa shape index (κ2) is 6.03. The van der Waals surface area contributed by atoms with Crippen LogP contribution in [-0.4, -0.2) is 10.9 Å². The van der Waals surface area contributed by atoms with Crippen LogP contribution in [0.25, 0.3) is 0 Å². The highest BCUT2D eigenvalue weighted by atomic mass is 35.5. The maximum Gasteiger partial charge on any atom is 0.187 e. The predicted molar refractivity (Wildman–Crippen MR) is 75.6 cm³/mol. The molecule has 2 aromatic rings. The number of benzene rings is 1. The molecule has 0 aliphatic heterocycles. The van der Waals surface area contributed by atoms with Crippen LogP contribution in [-0.2, 0) is 12.8 Å². The van der Waals surface area contributed by atoms with Crippen molar-refractivity contribution in [3.63, 3.8) is 0 Å². The number of alkyl halides is 1. The molecule has 0 spiro atoms. The third kappa shape index (κ3) is 3.45. The molecular formula is C13H15ClN2S. The number of hydrogen-bond donors (Lipinski definition) is 1. The molecule has 0 atom stereocenters. The Labute approximate surface area is 111 Å². The minimum absolute atomic E-state index is 0.666. The number of hydrogen-bond acceptors (Lipinski definition) is 3. The zero-order valence-corrected chi connectivity index (χ0v) is 11.3. The topological polar surface area (TPSA) is 24.9 Å². The summed E-state index contributed by atoms with van der Waals surface area (Å²) in [5, 5.41) is 6.34. The van der Waals surface area contributed by atoms with Gasteiger partial charge >= 0.3 is 0 Å². The van der Waals surface area contributed by atoms with Gasteiger partial charge in [-0.1, -0.05) is 19.1 Å². The Morgan fingerprint density at radius 2 is 2.06 bits per heavy atom. The average Bonchev–Trinajstić information content (AvgIpc) is 2.80. The predicted octanol–water partition coefficient (Wildman–Crippen LogP) is 4.23. The standard InChI is InChI=1S/C13H15ClN2S/c1-2-11-9-17-13(15-11)16-12-5-3-10(4-6-12)7-8-14/h3-6,9H,2,7-8H2,1H3,(H,15,16). The summed E-state index contributed by atoms with van der Waals surface area (Å²) < 4.78 is 0. The Bertz CT molecular complexity index is 465. The van der Waals surface area contributed by atoms with Crippen molar-refractivity contribution in [3.05, 3.63) is 40.9 Å². The Kier molecular flexibility index (Phi) is 4.40. The second-order valence-electron chi connectivity index (χ2n) is 3.76. The summed E-state index contributed by atoms with van der Waals surface area (Å²) in [5.41, 5.74) is 3.47. The number of anilines is 2. The molecule has 0 unspecified atom stereocenters. The normalized spacial score (nSPS) is 10.5. The second-order valence-corrected chi connectivity index (χ2v) is 4.99. The lowest BCUT2D eigenvalue weighted by Crippen LogP contribution is -1.91. The lowest BCUT2D eigenvalue weighted by atomic mass is 10.1. The van der Waals surface area contributed by atoms with Crippen molar-refractivity contribution in [2.45, 2.75) is 19.8 Å². The minimum Gasteiger partial charge on any atom is -0.332 e. The van der Waals surface area contributed by atoms with Crippen LogP contribution in [0.15, 0.2) is 29.6 Å². The summed E-state index contributed by atoms with van der Waals surface area (Å²) in [6.45, 7) is 2.11. The van der Waals surface area contributed by atoms with Gasteiger partial charge in [-0.15, -0.1) is 22.9 Å². The maximum atomic E-state index is 5.70. The molecule has 0 saturated heterocycles. The Hall–Kier alpha value is -1.06. The summed E-state index contributed by atoms with van der Waals surface area (Å²) >= 11 is 7.34. The molecule has 17 heavy (non-hydrogen) atoms. The van der Waals surface area contributed by atoms with Gasteiger partial charge in [-0.2, -0.15) is 0 Å². The van der Waals surface area contributed by atoms with Crippen LogP contribution in [0.5, 0.6) is 0 Å². The number of rotatable bonds is 5. The smallest absolute Gasteiger partial charge is 0.187 e. The SMILES string of the molecule is CCc1csc(Nc2ccc(CCCl)cc2)n1. The fourth-order valence-electron chi connectivity index (χ4n) is 1.51. The van der Waals surface area contributed by atoms with E-state index in [1.54, 1.807) is 11.3 Å². The van der Waals surface area contributed by atoms with Gasteiger partial charge in [0.15, 0.2) is 5.13 Å². The zero-order valence-electron chi connectivity index (χ0n) is 9.74. The molecule has 0 saturated carbocycles. The first-order valence-electron chi connectivity index (χ1n) is 5.68. The molecule has 2 nitrogen and oxygen atoms in total.